The van der Waals surface area contributed by atoms with E-state index in [4.69, 9.17) is 15.2 Å². The van der Waals surface area contributed by atoms with Crippen LogP contribution in [0.5, 0.6) is 11.5 Å². The van der Waals surface area contributed by atoms with E-state index < -0.39 is 0 Å². The van der Waals surface area contributed by atoms with E-state index in [2.05, 4.69) is 10.6 Å². The van der Waals surface area contributed by atoms with Crippen molar-refractivity contribution in [3.8, 4) is 11.5 Å². The van der Waals surface area contributed by atoms with Gasteiger partial charge in [0.25, 0.3) is 0 Å². The zero-order valence-electron chi connectivity index (χ0n) is 12.3. The van der Waals surface area contributed by atoms with Crippen LogP contribution in [0.2, 0.25) is 0 Å². The van der Waals surface area contributed by atoms with Crippen LogP contribution in [0.3, 0.4) is 0 Å². The molecule has 0 saturated heterocycles. The van der Waals surface area contributed by atoms with E-state index in [1.807, 2.05) is 0 Å². The van der Waals surface area contributed by atoms with Crippen molar-refractivity contribution in [2.24, 2.45) is 0 Å². The minimum absolute atomic E-state index is 0.109. The Bertz CT molecular complexity index is 491. The normalized spacial score (nSPS) is 9.81. The standard InChI is InChI=1S/C14H21N3O4/c1-10(18)16-5-7-20-13-4-3-12(15)9-14(13)21-8-6-17-11(2)19/h3-4,9H,5-8,15H2,1-2H3,(H,16,18)(H,17,19). The van der Waals surface area contributed by atoms with Gasteiger partial charge in [-0.2, -0.15) is 0 Å². The van der Waals surface area contributed by atoms with Crippen LogP contribution in [-0.2, 0) is 9.59 Å². The number of rotatable bonds is 8. The zero-order chi connectivity index (χ0) is 15.7. The molecule has 0 heterocycles. The topological polar surface area (TPSA) is 103 Å². The van der Waals surface area contributed by atoms with Gasteiger partial charge in [0.15, 0.2) is 11.5 Å². The second-order valence-corrected chi connectivity index (χ2v) is 4.37. The maximum absolute atomic E-state index is 10.8. The van der Waals surface area contributed by atoms with Gasteiger partial charge in [0.2, 0.25) is 11.8 Å². The fourth-order valence-electron chi connectivity index (χ4n) is 1.53. The van der Waals surface area contributed by atoms with Gasteiger partial charge >= 0.3 is 0 Å². The second-order valence-electron chi connectivity index (χ2n) is 4.37. The summed E-state index contributed by atoms with van der Waals surface area (Å²) in [7, 11) is 0. The lowest BCUT2D eigenvalue weighted by atomic mass is 10.3. The molecular weight excluding hydrogens is 274 g/mol. The largest absolute Gasteiger partial charge is 0.488 e. The molecule has 7 heteroatoms. The number of hydrogen-bond acceptors (Lipinski definition) is 5. The zero-order valence-corrected chi connectivity index (χ0v) is 12.3. The first-order chi connectivity index (χ1) is 9.99. The summed E-state index contributed by atoms with van der Waals surface area (Å²) in [6.45, 7) is 4.33. The monoisotopic (exact) mass is 295 g/mol. The minimum atomic E-state index is -0.113. The highest BCUT2D eigenvalue weighted by Crippen LogP contribution is 2.29. The summed E-state index contributed by atoms with van der Waals surface area (Å²) in [6, 6.07) is 5.06. The van der Waals surface area contributed by atoms with E-state index in [0.29, 0.717) is 43.5 Å². The molecule has 0 aliphatic heterocycles. The molecule has 0 aliphatic rings. The molecule has 0 aromatic heterocycles. The number of nitrogens with one attached hydrogen (secondary N) is 2. The average Bonchev–Trinajstić information content (AvgIpc) is 2.41. The summed E-state index contributed by atoms with van der Waals surface area (Å²) >= 11 is 0. The first kappa shape index (κ1) is 16.6. The Labute approximate surface area is 123 Å². The van der Waals surface area contributed by atoms with Gasteiger partial charge in [0.1, 0.15) is 13.2 Å². The summed E-state index contributed by atoms with van der Waals surface area (Å²) in [5.74, 6) is 0.821. The highest BCUT2D eigenvalue weighted by molar-refractivity contribution is 5.73. The lowest BCUT2D eigenvalue weighted by Gasteiger charge is -2.13. The third-order valence-electron chi connectivity index (χ3n) is 2.43. The Morgan fingerprint density at radius 3 is 2.05 bits per heavy atom. The molecule has 0 atom stereocenters. The summed E-state index contributed by atoms with van der Waals surface area (Å²) < 4.78 is 11.1. The quantitative estimate of drug-likeness (QED) is 0.473. The molecule has 4 N–H and O–H groups in total. The SMILES string of the molecule is CC(=O)NCCOc1ccc(N)cc1OCCNC(C)=O. The van der Waals surface area contributed by atoms with E-state index in [9.17, 15) is 9.59 Å². The number of ether oxygens (including phenoxy) is 2. The Hall–Kier alpha value is -2.44. The highest BCUT2D eigenvalue weighted by Gasteiger charge is 2.06. The molecule has 0 spiro atoms. The Morgan fingerprint density at radius 2 is 1.52 bits per heavy atom. The Morgan fingerprint density at radius 1 is 1.00 bits per heavy atom. The number of benzene rings is 1. The molecule has 0 aliphatic carbocycles. The molecule has 21 heavy (non-hydrogen) atoms. The molecule has 0 bridgehead atoms. The van der Waals surface area contributed by atoms with E-state index in [1.165, 1.54) is 13.8 Å². The van der Waals surface area contributed by atoms with Crippen LogP contribution >= 0.6 is 0 Å². The molecule has 0 saturated carbocycles. The van der Waals surface area contributed by atoms with E-state index >= 15 is 0 Å². The van der Waals surface area contributed by atoms with E-state index in [1.54, 1.807) is 18.2 Å². The van der Waals surface area contributed by atoms with Crippen molar-refractivity contribution >= 4 is 17.5 Å². The van der Waals surface area contributed by atoms with Gasteiger partial charge in [-0.1, -0.05) is 0 Å². The number of nitrogens with two attached hydrogens (primary N) is 1. The average molecular weight is 295 g/mol. The van der Waals surface area contributed by atoms with Gasteiger partial charge in [-0.3, -0.25) is 9.59 Å². The van der Waals surface area contributed by atoms with Gasteiger partial charge in [0.05, 0.1) is 13.1 Å². The number of carbonyl (C=O) groups excluding carboxylic acids is 2. The van der Waals surface area contributed by atoms with Crippen LogP contribution in [-0.4, -0.2) is 38.1 Å². The molecule has 1 aromatic carbocycles. The predicted molar refractivity (Wildman–Crippen MR) is 79.2 cm³/mol. The minimum Gasteiger partial charge on any atom is -0.488 e. The van der Waals surface area contributed by atoms with Crippen molar-refractivity contribution in [3.05, 3.63) is 18.2 Å². The predicted octanol–water partition coefficient (Wildman–Crippen LogP) is 0.299. The fraction of sp³-hybridized carbons (Fsp3) is 0.429. The van der Waals surface area contributed by atoms with Crippen molar-refractivity contribution in [2.75, 3.05) is 32.0 Å². The molecule has 7 nitrogen and oxygen atoms in total. The molecule has 2 amide bonds. The molecule has 0 radical (unpaired) electrons. The van der Waals surface area contributed by atoms with Crippen LogP contribution in [0, 0.1) is 0 Å². The number of nitrogen functional groups attached to an aromatic ring is 1. The summed E-state index contributed by atoms with van der Waals surface area (Å²) in [6.07, 6.45) is 0. The molecule has 1 aromatic rings. The van der Waals surface area contributed by atoms with Crippen molar-refractivity contribution < 1.29 is 19.1 Å². The first-order valence-corrected chi connectivity index (χ1v) is 6.63. The number of hydrogen-bond donors (Lipinski definition) is 3. The maximum Gasteiger partial charge on any atom is 0.216 e. The Balaban J connectivity index is 2.49. The third kappa shape index (κ3) is 7.05. The van der Waals surface area contributed by atoms with Crippen molar-refractivity contribution in [2.45, 2.75) is 13.8 Å². The summed E-state index contributed by atoms with van der Waals surface area (Å²) in [5.41, 5.74) is 6.27. The lowest BCUT2D eigenvalue weighted by molar-refractivity contribution is -0.119. The van der Waals surface area contributed by atoms with Crippen LogP contribution in [0.25, 0.3) is 0 Å². The highest BCUT2D eigenvalue weighted by atomic mass is 16.5. The number of amides is 2. The lowest BCUT2D eigenvalue weighted by Crippen LogP contribution is -2.26. The summed E-state index contributed by atoms with van der Waals surface area (Å²) in [5, 5.41) is 5.27. The third-order valence-corrected chi connectivity index (χ3v) is 2.43. The van der Waals surface area contributed by atoms with E-state index in [-0.39, 0.29) is 11.8 Å². The Kier molecular flexibility index (Phi) is 6.86. The van der Waals surface area contributed by atoms with Crippen LogP contribution < -0.4 is 25.8 Å². The van der Waals surface area contributed by atoms with Crippen LogP contribution in [0.4, 0.5) is 5.69 Å². The van der Waals surface area contributed by atoms with Gasteiger partial charge in [-0.15, -0.1) is 0 Å². The van der Waals surface area contributed by atoms with Crippen molar-refractivity contribution in [1.82, 2.24) is 10.6 Å². The second kappa shape index (κ2) is 8.68. The molecule has 1 rings (SSSR count). The smallest absolute Gasteiger partial charge is 0.216 e. The summed E-state index contributed by atoms with van der Waals surface area (Å²) in [4.78, 5) is 21.5. The molecular formula is C14H21N3O4. The van der Waals surface area contributed by atoms with Crippen molar-refractivity contribution in [3.63, 3.8) is 0 Å². The van der Waals surface area contributed by atoms with Gasteiger partial charge in [-0.25, -0.2) is 0 Å². The van der Waals surface area contributed by atoms with Gasteiger partial charge < -0.3 is 25.8 Å². The molecule has 0 unspecified atom stereocenters. The van der Waals surface area contributed by atoms with Crippen LogP contribution in [0.1, 0.15) is 13.8 Å². The van der Waals surface area contributed by atoms with Gasteiger partial charge in [0, 0.05) is 25.6 Å². The van der Waals surface area contributed by atoms with Gasteiger partial charge in [-0.05, 0) is 12.1 Å². The van der Waals surface area contributed by atoms with Crippen LogP contribution in [0.15, 0.2) is 18.2 Å². The molecule has 116 valence electrons. The fourth-order valence-corrected chi connectivity index (χ4v) is 1.53. The first-order valence-electron chi connectivity index (χ1n) is 6.63. The number of carbonyl (C=O) groups is 2. The van der Waals surface area contributed by atoms with E-state index in [0.717, 1.165) is 0 Å². The molecule has 0 fully saturated rings. The number of anilines is 1. The van der Waals surface area contributed by atoms with Crippen molar-refractivity contribution in [1.29, 1.82) is 0 Å². The maximum atomic E-state index is 10.8.